The number of hydrogen-bond acceptors (Lipinski definition) is 4. The topological polar surface area (TPSA) is 95.9 Å². The average Bonchev–Trinajstić information content (AvgIpc) is 2.29. The maximum Gasteiger partial charge on any atom is 0.547 e. The number of carbonyl (C=O) groups is 2. The fourth-order valence-corrected chi connectivity index (χ4v) is 2.26. The van der Waals surface area contributed by atoms with Crippen molar-refractivity contribution in [3.63, 3.8) is 0 Å². The van der Waals surface area contributed by atoms with Crippen molar-refractivity contribution in [1.29, 1.82) is 0 Å². The van der Waals surface area contributed by atoms with Gasteiger partial charge in [-0.2, -0.15) is 0 Å². The van der Waals surface area contributed by atoms with E-state index in [1.54, 1.807) is 6.07 Å². The van der Waals surface area contributed by atoms with Crippen molar-refractivity contribution in [3.05, 3.63) is 28.3 Å². The molecule has 3 N–H and O–H groups in total. The number of fused-ring (bicyclic) bond motifs is 1. The van der Waals surface area contributed by atoms with Crippen molar-refractivity contribution in [3.8, 4) is 5.75 Å². The number of carboxylic acid groups (broad SMARTS) is 1. The number of nitrogens with one attached hydrogen (secondary N) is 1. The zero-order valence-corrected chi connectivity index (χ0v) is 10.8. The summed E-state index contributed by atoms with van der Waals surface area (Å²) in [4.78, 5) is 22.1. The van der Waals surface area contributed by atoms with E-state index in [9.17, 15) is 14.6 Å². The molecule has 0 radical (unpaired) electrons. The van der Waals surface area contributed by atoms with Crippen LogP contribution in [0.5, 0.6) is 5.75 Å². The van der Waals surface area contributed by atoms with Gasteiger partial charge in [-0.15, -0.1) is 0 Å². The van der Waals surface area contributed by atoms with Crippen LogP contribution in [0.4, 0.5) is 0 Å². The Hall–Kier alpha value is -1.73. The average molecular weight is 283 g/mol. The van der Waals surface area contributed by atoms with Gasteiger partial charge in [0.1, 0.15) is 11.3 Å². The third-order valence-electron chi connectivity index (χ3n) is 2.77. The quantitative estimate of drug-likeness (QED) is 0.687. The fourth-order valence-electron chi connectivity index (χ4n) is 2.02. The molecule has 1 aliphatic heterocycles. The Morgan fingerprint density at radius 3 is 2.79 bits per heavy atom. The highest BCUT2D eigenvalue weighted by Crippen LogP contribution is 2.33. The van der Waals surface area contributed by atoms with Crippen molar-refractivity contribution in [1.82, 2.24) is 5.32 Å². The highest BCUT2D eigenvalue weighted by Gasteiger charge is 2.37. The standard InChI is InChI=1S/C11H11BClNO5/c1-5(15)14-9-3-6-2-7(13)4-8(11(16)17)10(6)19-12(9)18/h2,4,9,18H,3H2,1H3,(H,14,15)(H,16,17)/t9-/m0/s1. The van der Waals surface area contributed by atoms with Crippen molar-refractivity contribution in [2.24, 2.45) is 0 Å². The highest BCUT2D eigenvalue weighted by atomic mass is 35.5. The van der Waals surface area contributed by atoms with Crippen LogP contribution in [-0.4, -0.2) is 35.1 Å². The number of rotatable bonds is 2. The minimum atomic E-state index is -1.30. The molecule has 1 heterocycles. The SMILES string of the molecule is CC(=O)N[C@H]1Cc2cc(Cl)cc(C(=O)O)c2OB1O. The molecule has 0 unspecified atom stereocenters. The molecule has 0 fully saturated rings. The van der Waals surface area contributed by atoms with Crippen molar-refractivity contribution in [2.75, 3.05) is 0 Å². The summed E-state index contributed by atoms with van der Waals surface area (Å²) in [5.41, 5.74) is 0.428. The third kappa shape index (κ3) is 2.82. The number of carbonyl (C=O) groups excluding carboxylic acids is 1. The summed E-state index contributed by atoms with van der Waals surface area (Å²) in [5.74, 6) is -2.04. The zero-order chi connectivity index (χ0) is 14.2. The molecule has 0 saturated carbocycles. The van der Waals surface area contributed by atoms with Crippen molar-refractivity contribution >= 4 is 30.6 Å². The van der Waals surface area contributed by atoms with Gasteiger partial charge in [0.15, 0.2) is 0 Å². The molecule has 0 aliphatic carbocycles. The molecule has 0 bridgehead atoms. The number of halogens is 1. The molecule has 0 aromatic heterocycles. The van der Waals surface area contributed by atoms with Crippen LogP contribution >= 0.6 is 11.6 Å². The van der Waals surface area contributed by atoms with Crippen LogP contribution in [0.1, 0.15) is 22.8 Å². The lowest BCUT2D eigenvalue weighted by Crippen LogP contribution is -2.52. The van der Waals surface area contributed by atoms with Crippen LogP contribution in [0.25, 0.3) is 0 Å². The Morgan fingerprint density at radius 2 is 2.21 bits per heavy atom. The molecule has 100 valence electrons. The molecule has 19 heavy (non-hydrogen) atoms. The maximum absolute atomic E-state index is 11.1. The van der Waals surface area contributed by atoms with Gasteiger partial charge < -0.3 is 20.1 Å². The first kappa shape index (κ1) is 13.7. The maximum atomic E-state index is 11.1. The molecule has 1 atom stereocenters. The molecular formula is C11H11BClNO5. The Morgan fingerprint density at radius 1 is 1.53 bits per heavy atom. The number of amides is 1. The molecule has 6 nitrogen and oxygen atoms in total. The lowest BCUT2D eigenvalue weighted by atomic mass is 9.72. The van der Waals surface area contributed by atoms with E-state index < -0.39 is 19.0 Å². The van der Waals surface area contributed by atoms with Crippen molar-refractivity contribution < 1.29 is 24.4 Å². The second kappa shape index (κ2) is 5.10. The summed E-state index contributed by atoms with van der Waals surface area (Å²) in [6.45, 7) is 1.32. The van der Waals surface area contributed by atoms with E-state index in [4.69, 9.17) is 21.4 Å². The van der Waals surface area contributed by atoms with E-state index in [2.05, 4.69) is 5.32 Å². The predicted molar refractivity (Wildman–Crippen MR) is 68.3 cm³/mol. The number of benzene rings is 1. The molecular weight excluding hydrogens is 272 g/mol. The molecule has 8 heteroatoms. The first-order valence-corrected chi connectivity index (χ1v) is 5.94. The van der Waals surface area contributed by atoms with Gasteiger partial charge in [0, 0.05) is 11.9 Å². The molecule has 1 amide bonds. The van der Waals surface area contributed by atoms with E-state index in [-0.39, 0.29) is 28.7 Å². The second-order valence-electron chi connectivity index (χ2n) is 4.27. The van der Waals surface area contributed by atoms with Gasteiger partial charge in [-0.1, -0.05) is 11.6 Å². The normalized spacial score (nSPS) is 17.4. The Balaban J connectivity index is 2.40. The fraction of sp³-hybridized carbons (Fsp3) is 0.273. The molecule has 1 aromatic carbocycles. The van der Waals surface area contributed by atoms with Crippen LogP contribution in [0.2, 0.25) is 5.02 Å². The smallest absolute Gasteiger partial charge is 0.534 e. The number of hydrogen-bond donors (Lipinski definition) is 3. The third-order valence-corrected chi connectivity index (χ3v) is 2.99. The number of carboxylic acids is 1. The summed E-state index contributed by atoms with van der Waals surface area (Å²) < 4.78 is 5.19. The first-order chi connectivity index (χ1) is 8.88. The molecule has 2 rings (SSSR count). The molecule has 1 aliphatic rings. The zero-order valence-electron chi connectivity index (χ0n) is 10.0. The minimum absolute atomic E-state index is 0.0889. The van der Waals surface area contributed by atoms with Crippen LogP contribution in [-0.2, 0) is 11.2 Å². The van der Waals surface area contributed by atoms with Gasteiger partial charge in [-0.3, -0.25) is 4.79 Å². The van der Waals surface area contributed by atoms with Gasteiger partial charge in [0.25, 0.3) is 0 Å². The van der Waals surface area contributed by atoms with Gasteiger partial charge in [-0.25, -0.2) is 4.79 Å². The summed E-state index contributed by atoms with van der Waals surface area (Å²) in [6.07, 6.45) is 0.247. The molecule has 0 spiro atoms. The Kier molecular flexibility index (Phi) is 3.68. The van der Waals surface area contributed by atoms with E-state index in [1.165, 1.54) is 13.0 Å². The molecule has 0 saturated heterocycles. The lowest BCUT2D eigenvalue weighted by molar-refractivity contribution is -0.119. The van der Waals surface area contributed by atoms with Crippen molar-refractivity contribution in [2.45, 2.75) is 19.3 Å². The summed E-state index contributed by atoms with van der Waals surface area (Å²) in [7, 11) is -1.30. The second-order valence-corrected chi connectivity index (χ2v) is 4.70. The minimum Gasteiger partial charge on any atom is -0.534 e. The summed E-state index contributed by atoms with van der Waals surface area (Å²) >= 11 is 5.85. The lowest BCUT2D eigenvalue weighted by Gasteiger charge is -2.28. The Labute approximate surface area is 114 Å². The van der Waals surface area contributed by atoms with Crippen LogP contribution in [0.3, 0.4) is 0 Å². The Bertz CT molecular complexity index is 550. The van der Waals surface area contributed by atoms with E-state index in [0.29, 0.717) is 5.56 Å². The largest absolute Gasteiger partial charge is 0.547 e. The van der Waals surface area contributed by atoms with E-state index in [0.717, 1.165) is 0 Å². The van der Waals surface area contributed by atoms with Gasteiger partial charge >= 0.3 is 13.1 Å². The predicted octanol–water partition coefficient (Wildman–Crippen LogP) is 0.497. The monoisotopic (exact) mass is 283 g/mol. The van der Waals surface area contributed by atoms with Gasteiger partial charge in [0.05, 0.1) is 5.94 Å². The number of aromatic carboxylic acids is 1. The molecule has 1 aromatic rings. The van der Waals surface area contributed by atoms with Crippen LogP contribution in [0.15, 0.2) is 12.1 Å². The highest BCUT2D eigenvalue weighted by molar-refractivity contribution is 6.47. The van der Waals surface area contributed by atoms with Crippen LogP contribution in [0, 0.1) is 0 Å². The van der Waals surface area contributed by atoms with Gasteiger partial charge in [-0.05, 0) is 24.1 Å². The summed E-state index contributed by atoms with van der Waals surface area (Å²) in [6, 6.07) is 2.82. The van der Waals surface area contributed by atoms with Gasteiger partial charge in [0.2, 0.25) is 5.91 Å². The van der Waals surface area contributed by atoms with E-state index in [1.807, 2.05) is 0 Å². The van der Waals surface area contributed by atoms with Crippen LogP contribution < -0.4 is 9.97 Å². The van der Waals surface area contributed by atoms with E-state index >= 15 is 0 Å². The first-order valence-electron chi connectivity index (χ1n) is 5.56. The summed E-state index contributed by atoms with van der Waals surface area (Å²) in [5, 5.41) is 21.6.